The van der Waals surface area contributed by atoms with Crippen LogP contribution in [0, 0.1) is 13.8 Å². The first kappa shape index (κ1) is 13.6. The molecule has 0 amide bonds. The van der Waals surface area contributed by atoms with Gasteiger partial charge in [0.2, 0.25) is 0 Å². The molecule has 19 heavy (non-hydrogen) atoms. The first-order valence-electron chi connectivity index (χ1n) is 6.02. The number of hydrogen-bond donors (Lipinski definition) is 0. The van der Waals surface area contributed by atoms with E-state index >= 15 is 0 Å². The van der Waals surface area contributed by atoms with E-state index in [1.807, 2.05) is 37.4 Å². The van der Waals surface area contributed by atoms with Crippen molar-refractivity contribution in [3.8, 4) is 0 Å². The van der Waals surface area contributed by atoms with E-state index in [0.717, 1.165) is 17.0 Å². The number of hydrogen-bond acceptors (Lipinski definition) is 3. The fraction of sp³-hybridized carbons (Fsp3) is 0.286. The van der Waals surface area contributed by atoms with Crippen LogP contribution in [-0.4, -0.2) is 22.7 Å². The Bertz CT molecular complexity index is 658. The molecular formula is C14H16ClN3O. The van der Waals surface area contributed by atoms with Crippen LogP contribution in [0.5, 0.6) is 0 Å². The number of rotatable bonds is 4. The standard InChI is InChI=1S/C14H16ClN3O/c1-5-19-8-12(16-4)13-10(3)17-14-11(15)6-9(2)7-18(13)14/h6-8H,4-5H2,1-3H3/b12-8-. The van der Waals surface area contributed by atoms with Crippen LogP contribution < -0.4 is 0 Å². The molecule has 2 aromatic heterocycles. The van der Waals surface area contributed by atoms with Crippen molar-refractivity contribution in [2.75, 3.05) is 6.61 Å². The second-order valence-corrected chi connectivity index (χ2v) is 4.63. The molecule has 0 bridgehead atoms. The molecule has 0 saturated heterocycles. The number of aryl methyl sites for hydroxylation is 2. The van der Waals surface area contributed by atoms with Gasteiger partial charge in [-0.05, 0) is 39.1 Å². The number of aromatic nitrogens is 2. The Morgan fingerprint density at radius 3 is 2.95 bits per heavy atom. The van der Waals surface area contributed by atoms with E-state index in [0.29, 0.717) is 23.0 Å². The number of pyridine rings is 1. The van der Waals surface area contributed by atoms with Crippen molar-refractivity contribution in [3.63, 3.8) is 0 Å². The van der Waals surface area contributed by atoms with Crippen molar-refractivity contribution in [1.29, 1.82) is 0 Å². The quantitative estimate of drug-likeness (QED) is 0.632. The van der Waals surface area contributed by atoms with Gasteiger partial charge in [-0.1, -0.05) is 11.6 Å². The van der Waals surface area contributed by atoms with Crippen LogP contribution in [0.2, 0.25) is 5.02 Å². The van der Waals surface area contributed by atoms with Gasteiger partial charge in [-0.25, -0.2) is 4.98 Å². The number of fused-ring (bicyclic) bond motifs is 1. The molecule has 2 rings (SSSR count). The zero-order valence-corrected chi connectivity index (χ0v) is 12.0. The minimum Gasteiger partial charge on any atom is -0.499 e. The summed E-state index contributed by atoms with van der Waals surface area (Å²) in [7, 11) is 0. The topological polar surface area (TPSA) is 38.9 Å². The van der Waals surface area contributed by atoms with Crippen LogP contribution >= 0.6 is 11.6 Å². The molecular weight excluding hydrogens is 262 g/mol. The van der Waals surface area contributed by atoms with Gasteiger partial charge in [0, 0.05) is 6.20 Å². The van der Waals surface area contributed by atoms with Gasteiger partial charge in [-0.2, -0.15) is 0 Å². The molecule has 0 aliphatic heterocycles. The molecule has 0 aliphatic rings. The number of nitrogens with zero attached hydrogens (tertiary/aromatic N) is 3. The molecule has 2 heterocycles. The zero-order chi connectivity index (χ0) is 14.0. The van der Waals surface area contributed by atoms with Gasteiger partial charge in [0.05, 0.1) is 23.0 Å². The lowest BCUT2D eigenvalue weighted by Crippen LogP contribution is -1.95. The number of halogens is 1. The minimum absolute atomic E-state index is 0.578. The highest BCUT2D eigenvalue weighted by molar-refractivity contribution is 6.33. The van der Waals surface area contributed by atoms with E-state index in [1.165, 1.54) is 0 Å². The number of imidazole rings is 1. The highest BCUT2D eigenvalue weighted by Crippen LogP contribution is 2.26. The molecule has 0 atom stereocenters. The average molecular weight is 278 g/mol. The summed E-state index contributed by atoms with van der Waals surface area (Å²) in [5.74, 6) is 0. The summed E-state index contributed by atoms with van der Waals surface area (Å²) in [5, 5.41) is 0.620. The highest BCUT2D eigenvalue weighted by atomic mass is 35.5. The summed E-state index contributed by atoms with van der Waals surface area (Å²) in [5.41, 5.74) is 4.10. The summed E-state index contributed by atoms with van der Waals surface area (Å²) in [6.07, 6.45) is 3.57. The van der Waals surface area contributed by atoms with Crippen LogP contribution in [0.4, 0.5) is 0 Å². The molecule has 0 aromatic carbocycles. The lowest BCUT2D eigenvalue weighted by atomic mass is 10.2. The summed E-state index contributed by atoms with van der Waals surface area (Å²) in [6.45, 7) is 9.98. The normalized spacial score (nSPS) is 11.9. The summed E-state index contributed by atoms with van der Waals surface area (Å²) >= 11 is 6.22. The lowest BCUT2D eigenvalue weighted by Gasteiger charge is -2.05. The van der Waals surface area contributed by atoms with Crippen molar-refractivity contribution in [2.24, 2.45) is 4.99 Å². The number of ether oxygens (including phenoxy) is 1. The fourth-order valence-electron chi connectivity index (χ4n) is 1.98. The van der Waals surface area contributed by atoms with E-state index in [2.05, 4.69) is 16.7 Å². The zero-order valence-electron chi connectivity index (χ0n) is 11.3. The molecule has 0 unspecified atom stereocenters. The summed E-state index contributed by atoms with van der Waals surface area (Å²) in [4.78, 5) is 8.50. The van der Waals surface area contributed by atoms with E-state index < -0.39 is 0 Å². The molecule has 0 aliphatic carbocycles. The van der Waals surface area contributed by atoms with Gasteiger partial charge in [-0.3, -0.25) is 9.39 Å². The van der Waals surface area contributed by atoms with Crippen LogP contribution in [-0.2, 0) is 4.74 Å². The van der Waals surface area contributed by atoms with E-state index in [9.17, 15) is 0 Å². The van der Waals surface area contributed by atoms with Crippen LogP contribution in [0.3, 0.4) is 0 Å². The molecule has 4 nitrogen and oxygen atoms in total. The first-order valence-corrected chi connectivity index (χ1v) is 6.40. The Kier molecular flexibility index (Phi) is 3.90. The van der Waals surface area contributed by atoms with Gasteiger partial charge in [-0.15, -0.1) is 0 Å². The predicted octanol–water partition coefficient (Wildman–Crippen LogP) is 3.64. The van der Waals surface area contributed by atoms with Crippen molar-refractivity contribution >= 4 is 29.7 Å². The highest BCUT2D eigenvalue weighted by Gasteiger charge is 2.15. The van der Waals surface area contributed by atoms with Gasteiger partial charge in [0.1, 0.15) is 12.0 Å². The van der Waals surface area contributed by atoms with Gasteiger partial charge in [0.15, 0.2) is 5.65 Å². The Morgan fingerprint density at radius 1 is 1.58 bits per heavy atom. The molecule has 0 spiro atoms. The van der Waals surface area contributed by atoms with Crippen molar-refractivity contribution in [3.05, 3.63) is 40.5 Å². The van der Waals surface area contributed by atoms with Gasteiger partial charge in [0.25, 0.3) is 0 Å². The molecule has 0 fully saturated rings. The van der Waals surface area contributed by atoms with E-state index in [1.54, 1.807) is 6.26 Å². The third-order valence-electron chi connectivity index (χ3n) is 2.76. The van der Waals surface area contributed by atoms with Gasteiger partial charge >= 0.3 is 0 Å². The van der Waals surface area contributed by atoms with Crippen LogP contribution in [0.15, 0.2) is 23.5 Å². The molecule has 2 aromatic rings. The first-order chi connectivity index (χ1) is 9.08. The molecule has 5 heteroatoms. The maximum atomic E-state index is 6.22. The average Bonchev–Trinajstić information content (AvgIpc) is 2.68. The Balaban J connectivity index is 2.72. The van der Waals surface area contributed by atoms with Gasteiger partial charge < -0.3 is 4.74 Å². The third kappa shape index (κ3) is 2.49. The molecule has 0 N–H and O–H groups in total. The predicted molar refractivity (Wildman–Crippen MR) is 78.8 cm³/mol. The Morgan fingerprint density at radius 2 is 2.32 bits per heavy atom. The monoisotopic (exact) mass is 277 g/mol. The molecule has 0 radical (unpaired) electrons. The second kappa shape index (κ2) is 5.45. The maximum Gasteiger partial charge on any atom is 0.156 e. The fourth-order valence-corrected chi connectivity index (χ4v) is 2.29. The Hall–Kier alpha value is -1.81. The molecule has 0 saturated carbocycles. The lowest BCUT2D eigenvalue weighted by molar-refractivity contribution is 0.270. The molecule has 100 valence electrons. The van der Waals surface area contributed by atoms with Crippen molar-refractivity contribution in [2.45, 2.75) is 20.8 Å². The maximum absolute atomic E-state index is 6.22. The van der Waals surface area contributed by atoms with Crippen molar-refractivity contribution < 1.29 is 4.74 Å². The number of aliphatic imine (C=N–C) groups is 1. The largest absolute Gasteiger partial charge is 0.499 e. The smallest absolute Gasteiger partial charge is 0.156 e. The van der Waals surface area contributed by atoms with E-state index in [-0.39, 0.29) is 0 Å². The second-order valence-electron chi connectivity index (χ2n) is 4.22. The Labute approximate surface area is 117 Å². The minimum atomic E-state index is 0.578. The SMILES string of the molecule is C=N/C(=C\OCC)c1c(C)nc2c(Cl)cc(C)cn12. The summed E-state index contributed by atoms with van der Waals surface area (Å²) < 4.78 is 7.23. The van der Waals surface area contributed by atoms with Crippen LogP contribution in [0.25, 0.3) is 11.3 Å². The van der Waals surface area contributed by atoms with Crippen LogP contribution in [0.1, 0.15) is 23.9 Å². The summed E-state index contributed by atoms with van der Waals surface area (Å²) in [6, 6.07) is 1.89. The van der Waals surface area contributed by atoms with E-state index in [4.69, 9.17) is 16.3 Å². The third-order valence-corrected chi connectivity index (χ3v) is 3.04. The van der Waals surface area contributed by atoms with Crippen molar-refractivity contribution in [1.82, 2.24) is 9.38 Å².